The maximum absolute atomic E-state index is 13.3. The summed E-state index contributed by atoms with van der Waals surface area (Å²) in [6.45, 7) is 1.77. The smallest absolute Gasteiger partial charge is 0.270 e. The first-order chi connectivity index (χ1) is 17.8. The molecule has 3 aromatic carbocycles. The molecule has 0 spiro atoms. The highest BCUT2D eigenvalue weighted by Gasteiger charge is 2.33. The van der Waals surface area contributed by atoms with Gasteiger partial charge in [-0.05, 0) is 66.1 Å². The van der Waals surface area contributed by atoms with Crippen molar-refractivity contribution >= 4 is 69.2 Å². The van der Waals surface area contributed by atoms with Gasteiger partial charge in [0, 0.05) is 5.69 Å². The highest BCUT2D eigenvalue weighted by molar-refractivity contribution is 8.27. The Morgan fingerprint density at radius 1 is 1.14 bits per heavy atom. The van der Waals surface area contributed by atoms with Gasteiger partial charge in [0.2, 0.25) is 0 Å². The van der Waals surface area contributed by atoms with Crippen LogP contribution in [0, 0.1) is 5.82 Å². The van der Waals surface area contributed by atoms with E-state index in [1.54, 1.807) is 24.3 Å². The molecule has 2 amide bonds. The van der Waals surface area contributed by atoms with Gasteiger partial charge in [0.15, 0.2) is 22.4 Å². The van der Waals surface area contributed by atoms with Crippen LogP contribution in [0.15, 0.2) is 65.6 Å². The summed E-state index contributed by atoms with van der Waals surface area (Å²) in [5.41, 5.74) is 2.96. The molecular formula is C27H22ClFN2O4S2. The number of hydrogen-bond donors (Lipinski definition) is 1. The van der Waals surface area contributed by atoms with E-state index in [-0.39, 0.29) is 17.5 Å². The zero-order chi connectivity index (χ0) is 26.5. The Hall–Kier alpha value is -3.40. The van der Waals surface area contributed by atoms with E-state index in [0.29, 0.717) is 32.0 Å². The summed E-state index contributed by atoms with van der Waals surface area (Å²) in [6, 6.07) is 16.7. The number of thiocarbonyl (C=S) groups is 1. The number of carbonyl (C=O) groups is 2. The third kappa shape index (κ3) is 6.30. The lowest BCUT2D eigenvalue weighted by Gasteiger charge is -2.14. The van der Waals surface area contributed by atoms with Crippen LogP contribution >= 0.6 is 35.6 Å². The second kappa shape index (κ2) is 11.8. The summed E-state index contributed by atoms with van der Waals surface area (Å²) in [7, 11) is 1.48. The SMILES string of the molecule is CCc1ccc(N2C(=O)/C(=C/c3ccc(OCC(=O)Nc4ccc(F)c(Cl)c4)c(OC)c3)SC2=S)cc1. The van der Waals surface area contributed by atoms with E-state index in [9.17, 15) is 14.0 Å². The van der Waals surface area contributed by atoms with Crippen LogP contribution in [-0.4, -0.2) is 29.9 Å². The van der Waals surface area contributed by atoms with Gasteiger partial charge in [-0.3, -0.25) is 14.5 Å². The first-order valence-electron chi connectivity index (χ1n) is 11.2. The Bertz CT molecular complexity index is 1400. The number of ether oxygens (including phenoxy) is 2. The minimum absolute atomic E-state index is 0.0951. The average molecular weight is 557 g/mol. The molecular weight excluding hydrogens is 535 g/mol. The third-order valence-corrected chi connectivity index (χ3v) is 7.04. The molecule has 6 nitrogen and oxygen atoms in total. The minimum atomic E-state index is -0.575. The van der Waals surface area contributed by atoms with Crippen LogP contribution in [0.5, 0.6) is 11.5 Å². The first kappa shape index (κ1) is 26.7. The standard InChI is InChI=1S/C27H22ClFN2O4S2/c1-3-16-4-8-19(9-5-16)31-26(33)24(37-27(31)36)13-17-6-11-22(23(12-17)34-2)35-15-25(32)30-18-7-10-21(29)20(28)14-18/h4-14H,3,15H2,1-2H3,(H,30,32)/b24-13-. The Labute approximate surface area is 228 Å². The second-order valence-corrected chi connectivity index (χ2v) is 10.00. The summed E-state index contributed by atoms with van der Waals surface area (Å²) in [5, 5.41) is 2.49. The van der Waals surface area contributed by atoms with Gasteiger partial charge in [-0.25, -0.2) is 4.39 Å². The van der Waals surface area contributed by atoms with Crippen molar-refractivity contribution in [1.82, 2.24) is 0 Å². The summed E-state index contributed by atoms with van der Waals surface area (Å²) in [4.78, 5) is 27.3. The van der Waals surface area contributed by atoms with Gasteiger partial charge in [0.05, 0.1) is 22.7 Å². The highest BCUT2D eigenvalue weighted by Crippen LogP contribution is 2.37. The van der Waals surface area contributed by atoms with Gasteiger partial charge in [0.25, 0.3) is 11.8 Å². The van der Waals surface area contributed by atoms with Crippen molar-refractivity contribution in [2.45, 2.75) is 13.3 Å². The number of hydrogen-bond acceptors (Lipinski definition) is 6. The van der Waals surface area contributed by atoms with Crippen molar-refractivity contribution in [3.05, 3.63) is 87.5 Å². The second-order valence-electron chi connectivity index (χ2n) is 7.91. The molecule has 1 aliphatic rings. The van der Waals surface area contributed by atoms with E-state index in [0.717, 1.165) is 18.2 Å². The van der Waals surface area contributed by atoms with E-state index in [4.69, 9.17) is 33.3 Å². The lowest BCUT2D eigenvalue weighted by atomic mass is 10.1. The molecule has 4 rings (SSSR count). The number of methoxy groups -OCH3 is 1. The largest absolute Gasteiger partial charge is 0.493 e. The zero-order valence-electron chi connectivity index (χ0n) is 19.9. The average Bonchev–Trinajstić information content (AvgIpc) is 3.17. The van der Waals surface area contributed by atoms with Crippen molar-refractivity contribution in [1.29, 1.82) is 0 Å². The molecule has 0 aromatic heterocycles. The fourth-order valence-corrected chi connectivity index (χ4v) is 5.01. The molecule has 0 radical (unpaired) electrons. The molecule has 0 unspecified atom stereocenters. The number of amides is 2. The van der Waals surface area contributed by atoms with Crippen molar-refractivity contribution < 1.29 is 23.5 Å². The maximum Gasteiger partial charge on any atom is 0.270 e. The van der Waals surface area contributed by atoms with E-state index in [1.165, 1.54) is 41.5 Å². The van der Waals surface area contributed by atoms with Crippen LogP contribution in [0.3, 0.4) is 0 Å². The van der Waals surface area contributed by atoms with Gasteiger partial charge in [-0.2, -0.15) is 0 Å². The number of nitrogens with one attached hydrogen (secondary N) is 1. The highest BCUT2D eigenvalue weighted by atomic mass is 35.5. The summed E-state index contributed by atoms with van der Waals surface area (Å²) >= 11 is 12.4. The molecule has 37 heavy (non-hydrogen) atoms. The monoisotopic (exact) mass is 556 g/mol. The molecule has 1 N–H and O–H groups in total. The van der Waals surface area contributed by atoms with Gasteiger partial charge in [-0.15, -0.1) is 0 Å². The lowest BCUT2D eigenvalue weighted by Crippen LogP contribution is -2.27. The van der Waals surface area contributed by atoms with E-state index >= 15 is 0 Å². The van der Waals surface area contributed by atoms with Crippen LogP contribution in [0.1, 0.15) is 18.1 Å². The van der Waals surface area contributed by atoms with Crippen LogP contribution in [-0.2, 0) is 16.0 Å². The number of nitrogens with zero attached hydrogens (tertiary/aromatic N) is 1. The molecule has 1 aliphatic heterocycles. The summed E-state index contributed by atoms with van der Waals surface area (Å²) in [5.74, 6) is -0.498. The van der Waals surface area contributed by atoms with Crippen molar-refractivity contribution in [3.8, 4) is 11.5 Å². The molecule has 3 aromatic rings. The number of rotatable bonds is 8. The molecule has 0 atom stereocenters. The topological polar surface area (TPSA) is 67.9 Å². The van der Waals surface area contributed by atoms with Crippen molar-refractivity contribution in [2.24, 2.45) is 0 Å². The maximum atomic E-state index is 13.3. The van der Waals surface area contributed by atoms with E-state index in [2.05, 4.69) is 12.2 Å². The summed E-state index contributed by atoms with van der Waals surface area (Å²) in [6.07, 6.45) is 2.64. The quantitative estimate of drug-likeness (QED) is 0.253. The fourth-order valence-electron chi connectivity index (χ4n) is 3.53. The molecule has 0 bridgehead atoms. The van der Waals surface area contributed by atoms with Crippen molar-refractivity contribution in [2.75, 3.05) is 23.9 Å². The fraction of sp³-hybridized carbons (Fsp3) is 0.148. The number of aryl methyl sites for hydroxylation is 1. The number of anilines is 2. The van der Waals surface area contributed by atoms with Crippen LogP contribution in [0.4, 0.5) is 15.8 Å². The number of thioether (sulfide) groups is 1. The van der Waals surface area contributed by atoms with Crippen molar-refractivity contribution in [3.63, 3.8) is 0 Å². The Morgan fingerprint density at radius 2 is 1.89 bits per heavy atom. The molecule has 190 valence electrons. The van der Waals surface area contributed by atoms with Crippen LogP contribution < -0.4 is 19.7 Å². The Balaban J connectivity index is 1.44. The lowest BCUT2D eigenvalue weighted by molar-refractivity contribution is -0.118. The van der Waals surface area contributed by atoms with Crippen LogP contribution in [0.25, 0.3) is 6.08 Å². The van der Waals surface area contributed by atoms with Gasteiger partial charge >= 0.3 is 0 Å². The van der Waals surface area contributed by atoms with Crippen LogP contribution in [0.2, 0.25) is 5.02 Å². The predicted molar refractivity (Wildman–Crippen MR) is 150 cm³/mol. The molecule has 0 saturated carbocycles. The Kier molecular flexibility index (Phi) is 8.48. The number of carbonyl (C=O) groups excluding carboxylic acids is 2. The molecule has 1 saturated heterocycles. The zero-order valence-corrected chi connectivity index (χ0v) is 22.3. The van der Waals surface area contributed by atoms with E-state index in [1.807, 2.05) is 24.3 Å². The third-order valence-electron chi connectivity index (χ3n) is 5.44. The first-order valence-corrected chi connectivity index (χ1v) is 12.8. The van der Waals surface area contributed by atoms with Gasteiger partial charge in [-0.1, -0.05) is 60.7 Å². The minimum Gasteiger partial charge on any atom is -0.493 e. The normalized spacial score (nSPS) is 14.3. The van der Waals surface area contributed by atoms with Gasteiger partial charge < -0.3 is 14.8 Å². The summed E-state index contributed by atoms with van der Waals surface area (Å²) < 4.78 is 24.8. The molecule has 1 heterocycles. The molecule has 10 heteroatoms. The Morgan fingerprint density at radius 3 is 2.57 bits per heavy atom. The number of halogens is 2. The van der Waals surface area contributed by atoms with E-state index < -0.39 is 11.7 Å². The molecule has 1 fully saturated rings. The predicted octanol–water partition coefficient (Wildman–Crippen LogP) is 6.47. The number of benzene rings is 3. The van der Waals surface area contributed by atoms with Gasteiger partial charge in [0.1, 0.15) is 5.82 Å². The molecule has 0 aliphatic carbocycles.